The summed E-state index contributed by atoms with van der Waals surface area (Å²) in [4.78, 5) is 8.96. The Hall–Kier alpha value is -2.49. The maximum absolute atomic E-state index is 13.9. The molecule has 106 valence electrons. The van der Waals surface area contributed by atoms with Crippen molar-refractivity contribution in [3.05, 3.63) is 53.5 Å². The van der Waals surface area contributed by atoms with Gasteiger partial charge in [0.1, 0.15) is 11.6 Å². The molecule has 0 spiro atoms. The molecule has 3 nitrogen and oxygen atoms in total. The zero-order valence-electron chi connectivity index (χ0n) is 12.0. The minimum atomic E-state index is -0.245. The van der Waals surface area contributed by atoms with Gasteiger partial charge in [-0.15, -0.1) is 0 Å². The highest BCUT2D eigenvalue weighted by Gasteiger charge is 2.13. The average molecular weight is 281 g/mol. The molecule has 0 aliphatic heterocycles. The number of halogens is 1. The SMILES string of the molecule is CCc1nc(-c2ccc(F)c3ccccc23)nc(N)c1C. The van der Waals surface area contributed by atoms with Gasteiger partial charge in [0, 0.05) is 22.2 Å². The highest BCUT2D eigenvalue weighted by atomic mass is 19.1. The topological polar surface area (TPSA) is 51.8 Å². The first-order chi connectivity index (χ1) is 10.1. The Morgan fingerprint density at radius 1 is 1.05 bits per heavy atom. The molecular weight excluding hydrogens is 265 g/mol. The summed E-state index contributed by atoms with van der Waals surface area (Å²) in [5.74, 6) is 0.779. The molecule has 0 aliphatic carbocycles. The van der Waals surface area contributed by atoms with E-state index in [4.69, 9.17) is 5.73 Å². The second-order valence-corrected chi connectivity index (χ2v) is 5.00. The van der Waals surface area contributed by atoms with Crippen LogP contribution in [0.25, 0.3) is 22.2 Å². The fourth-order valence-corrected chi connectivity index (χ4v) is 2.50. The number of rotatable bonds is 2. The van der Waals surface area contributed by atoms with Crippen LogP contribution in [0.1, 0.15) is 18.2 Å². The molecule has 0 unspecified atom stereocenters. The Morgan fingerprint density at radius 2 is 1.76 bits per heavy atom. The Balaban J connectivity index is 2.31. The van der Waals surface area contributed by atoms with Crippen molar-refractivity contribution in [2.45, 2.75) is 20.3 Å². The van der Waals surface area contributed by atoms with E-state index >= 15 is 0 Å². The summed E-state index contributed by atoms with van der Waals surface area (Å²) >= 11 is 0. The molecule has 2 aromatic carbocycles. The van der Waals surface area contributed by atoms with Crippen LogP contribution in [0.15, 0.2) is 36.4 Å². The number of hydrogen-bond donors (Lipinski definition) is 1. The van der Waals surface area contributed by atoms with Gasteiger partial charge in [-0.25, -0.2) is 14.4 Å². The number of benzene rings is 2. The number of fused-ring (bicyclic) bond motifs is 1. The lowest BCUT2D eigenvalue weighted by atomic mass is 10.0. The Kier molecular flexibility index (Phi) is 3.29. The number of anilines is 1. The normalized spacial score (nSPS) is 11.0. The summed E-state index contributed by atoms with van der Waals surface area (Å²) in [6.07, 6.45) is 0.782. The molecule has 0 radical (unpaired) electrons. The fraction of sp³-hybridized carbons (Fsp3) is 0.176. The van der Waals surface area contributed by atoms with Gasteiger partial charge in [-0.2, -0.15) is 0 Å². The van der Waals surface area contributed by atoms with Crippen molar-refractivity contribution in [2.24, 2.45) is 0 Å². The molecule has 0 aliphatic rings. The minimum Gasteiger partial charge on any atom is -0.383 e. The lowest BCUT2D eigenvalue weighted by Gasteiger charge is -2.11. The van der Waals surface area contributed by atoms with Crippen LogP contribution in [0, 0.1) is 12.7 Å². The molecule has 0 saturated heterocycles. The van der Waals surface area contributed by atoms with E-state index in [9.17, 15) is 4.39 Å². The standard InChI is InChI=1S/C17H16FN3/c1-3-15-10(2)16(19)21-17(20-15)13-8-9-14(18)12-7-5-4-6-11(12)13/h4-9H,3H2,1-2H3,(H2,19,20,21). The van der Waals surface area contributed by atoms with E-state index in [0.717, 1.165) is 28.6 Å². The Morgan fingerprint density at radius 3 is 2.48 bits per heavy atom. The molecular formula is C17H16FN3. The van der Waals surface area contributed by atoms with Gasteiger partial charge in [-0.1, -0.05) is 31.2 Å². The van der Waals surface area contributed by atoms with E-state index < -0.39 is 0 Å². The van der Waals surface area contributed by atoms with E-state index in [1.165, 1.54) is 6.07 Å². The number of aromatic nitrogens is 2. The predicted molar refractivity (Wildman–Crippen MR) is 83.5 cm³/mol. The van der Waals surface area contributed by atoms with Gasteiger partial charge in [-0.05, 0) is 30.9 Å². The van der Waals surface area contributed by atoms with Gasteiger partial charge in [0.2, 0.25) is 0 Å². The molecule has 1 heterocycles. The van der Waals surface area contributed by atoms with E-state index in [0.29, 0.717) is 17.0 Å². The molecule has 3 rings (SSSR count). The van der Waals surface area contributed by atoms with Crippen LogP contribution in [0.2, 0.25) is 0 Å². The summed E-state index contributed by atoms with van der Waals surface area (Å²) in [6.45, 7) is 3.95. The van der Waals surface area contributed by atoms with Crippen LogP contribution in [-0.4, -0.2) is 9.97 Å². The largest absolute Gasteiger partial charge is 0.383 e. The summed E-state index contributed by atoms with van der Waals surface area (Å²) in [7, 11) is 0. The first-order valence-corrected chi connectivity index (χ1v) is 6.92. The summed E-state index contributed by atoms with van der Waals surface area (Å²) < 4.78 is 13.9. The highest BCUT2D eigenvalue weighted by molar-refractivity contribution is 5.95. The van der Waals surface area contributed by atoms with E-state index in [1.807, 2.05) is 32.0 Å². The maximum Gasteiger partial charge on any atom is 0.162 e. The van der Waals surface area contributed by atoms with Crippen molar-refractivity contribution in [2.75, 3.05) is 5.73 Å². The van der Waals surface area contributed by atoms with Crippen LogP contribution in [0.4, 0.5) is 10.2 Å². The predicted octanol–water partition coefficient (Wildman–Crippen LogP) is 3.89. The van der Waals surface area contributed by atoms with Crippen molar-refractivity contribution in [1.29, 1.82) is 0 Å². The number of hydrogen-bond acceptors (Lipinski definition) is 3. The lowest BCUT2D eigenvalue weighted by Crippen LogP contribution is -2.04. The lowest BCUT2D eigenvalue weighted by molar-refractivity contribution is 0.640. The first kappa shape index (κ1) is 13.5. The van der Waals surface area contributed by atoms with E-state index in [2.05, 4.69) is 9.97 Å². The Bertz CT molecular complexity index is 828. The zero-order valence-corrected chi connectivity index (χ0v) is 12.0. The molecule has 1 aromatic heterocycles. The minimum absolute atomic E-state index is 0.245. The molecule has 0 saturated carbocycles. The van der Waals surface area contributed by atoms with Crippen molar-refractivity contribution in [3.8, 4) is 11.4 Å². The zero-order chi connectivity index (χ0) is 15.0. The second-order valence-electron chi connectivity index (χ2n) is 5.00. The van der Waals surface area contributed by atoms with Crippen molar-refractivity contribution in [1.82, 2.24) is 9.97 Å². The molecule has 0 fully saturated rings. The Labute approximate surface area is 122 Å². The quantitative estimate of drug-likeness (QED) is 0.775. The van der Waals surface area contributed by atoms with E-state index in [1.54, 1.807) is 12.1 Å². The van der Waals surface area contributed by atoms with Gasteiger partial charge in [0.25, 0.3) is 0 Å². The highest BCUT2D eigenvalue weighted by Crippen LogP contribution is 2.29. The third kappa shape index (κ3) is 2.23. The summed E-state index contributed by atoms with van der Waals surface area (Å²) in [5.41, 5.74) is 8.61. The van der Waals surface area contributed by atoms with Gasteiger partial charge < -0.3 is 5.73 Å². The molecule has 3 aromatic rings. The van der Waals surface area contributed by atoms with Gasteiger partial charge in [0.05, 0.1) is 0 Å². The first-order valence-electron chi connectivity index (χ1n) is 6.92. The average Bonchev–Trinajstić information content (AvgIpc) is 2.51. The second kappa shape index (κ2) is 5.13. The monoisotopic (exact) mass is 281 g/mol. The van der Waals surface area contributed by atoms with Crippen LogP contribution in [-0.2, 0) is 6.42 Å². The molecule has 4 heteroatoms. The molecule has 0 bridgehead atoms. The fourth-order valence-electron chi connectivity index (χ4n) is 2.50. The number of aryl methyl sites for hydroxylation is 1. The van der Waals surface area contributed by atoms with Gasteiger partial charge in [-0.3, -0.25) is 0 Å². The van der Waals surface area contributed by atoms with Crippen LogP contribution >= 0.6 is 0 Å². The molecule has 0 amide bonds. The van der Waals surface area contributed by atoms with Crippen molar-refractivity contribution >= 4 is 16.6 Å². The van der Waals surface area contributed by atoms with E-state index in [-0.39, 0.29) is 5.82 Å². The van der Waals surface area contributed by atoms with Crippen LogP contribution < -0.4 is 5.73 Å². The van der Waals surface area contributed by atoms with Crippen LogP contribution in [0.5, 0.6) is 0 Å². The number of nitrogens with two attached hydrogens (primary N) is 1. The number of nitrogen functional groups attached to an aromatic ring is 1. The third-order valence-corrected chi connectivity index (χ3v) is 3.73. The van der Waals surface area contributed by atoms with Crippen molar-refractivity contribution < 1.29 is 4.39 Å². The van der Waals surface area contributed by atoms with Gasteiger partial charge >= 0.3 is 0 Å². The van der Waals surface area contributed by atoms with Crippen molar-refractivity contribution in [3.63, 3.8) is 0 Å². The number of nitrogens with zero attached hydrogens (tertiary/aromatic N) is 2. The third-order valence-electron chi connectivity index (χ3n) is 3.73. The molecule has 2 N–H and O–H groups in total. The molecule has 0 atom stereocenters. The maximum atomic E-state index is 13.9. The molecule has 21 heavy (non-hydrogen) atoms. The summed E-state index contributed by atoms with van der Waals surface area (Å²) in [6, 6.07) is 10.5. The summed E-state index contributed by atoms with van der Waals surface area (Å²) in [5, 5.41) is 1.36. The van der Waals surface area contributed by atoms with Gasteiger partial charge in [0.15, 0.2) is 5.82 Å². The smallest absolute Gasteiger partial charge is 0.162 e. The van der Waals surface area contributed by atoms with Crippen LogP contribution in [0.3, 0.4) is 0 Å².